The van der Waals surface area contributed by atoms with Gasteiger partial charge in [0.25, 0.3) is 5.91 Å². The molecular weight excluding hydrogens is 428 g/mol. The van der Waals surface area contributed by atoms with E-state index in [1.807, 2.05) is 90.3 Å². The van der Waals surface area contributed by atoms with E-state index in [-0.39, 0.29) is 24.1 Å². The van der Waals surface area contributed by atoms with E-state index in [1.165, 1.54) is 0 Å². The number of hydrogen-bond acceptors (Lipinski definition) is 4. The molecule has 2 aromatic carbocycles. The van der Waals surface area contributed by atoms with Crippen molar-refractivity contribution in [2.45, 2.75) is 52.3 Å². The fourth-order valence-corrected chi connectivity index (χ4v) is 4.30. The summed E-state index contributed by atoms with van der Waals surface area (Å²) in [6.07, 6.45) is 1.63. The topological polar surface area (TPSA) is 77.7 Å². The summed E-state index contributed by atoms with van der Waals surface area (Å²) in [4.78, 5) is 32.5. The van der Waals surface area contributed by atoms with Gasteiger partial charge in [0.15, 0.2) is 0 Å². The van der Waals surface area contributed by atoms with Gasteiger partial charge in [0, 0.05) is 48.5 Å². The lowest BCUT2D eigenvalue weighted by Gasteiger charge is -2.45. The van der Waals surface area contributed by atoms with Crippen molar-refractivity contribution < 1.29 is 14.3 Å². The number of fused-ring (bicyclic) bond motifs is 1. The van der Waals surface area contributed by atoms with Crippen molar-refractivity contribution in [3.05, 3.63) is 65.4 Å². The van der Waals surface area contributed by atoms with Crippen LogP contribution < -0.4 is 10.2 Å². The SMILES string of the molecule is Cc1ccc(N(C)C2CN(C(=O)OC(C)(C)C)C2)cc1C(=O)N[C@H](C)c1cccc2[nH]ccc12. The molecule has 7 nitrogen and oxygen atoms in total. The zero-order chi connectivity index (χ0) is 24.6. The third kappa shape index (κ3) is 4.88. The van der Waals surface area contributed by atoms with E-state index in [4.69, 9.17) is 4.74 Å². The molecule has 1 aliphatic heterocycles. The van der Waals surface area contributed by atoms with Crippen LogP contribution in [0.5, 0.6) is 0 Å². The number of benzene rings is 2. The molecule has 1 aliphatic rings. The van der Waals surface area contributed by atoms with Crippen molar-refractivity contribution >= 4 is 28.6 Å². The average molecular weight is 463 g/mol. The monoisotopic (exact) mass is 462 g/mol. The molecule has 1 fully saturated rings. The smallest absolute Gasteiger partial charge is 0.410 e. The normalized spacial score (nSPS) is 15.1. The highest BCUT2D eigenvalue weighted by atomic mass is 16.6. The lowest BCUT2D eigenvalue weighted by atomic mass is 10.0. The number of ether oxygens (including phenoxy) is 1. The lowest BCUT2D eigenvalue weighted by molar-refractivity contribution is 0.00851. The van der Waals surface area contributed by atoms with Gasteiger partial charge in [-0.2, -0.15) is 0 Å². The van der Waals surface area contributed by atoms with Gasteiger partial charge in [0.1, 0.15) is 5.60 Å². The van der Waals surface area contributed by atoms with Gasteiger partial charge in [-0.3, -0.25) is 4.79 Å². The molecule has 1 aromatic heterocycles. The molecule has 0 unspecified atom stereocenters. The van der Waals surface area contributed by atoms with E-state index >= 15 is 0 Å². The zero-order valence-electron chi connectivity index (χ0n) is 20.8. The Labute approximate surface area is 201 Å². The molecule has 7 heteroatoms. The first-order valence-corrected chi connectivity index (χ1v) is 11.7. The van der Waals surface area contributed by atoms with Crippen LogP contribution in [0.1, 0.15) is 55.2 Å². The second-order valence-electron chi connectivity index (χ2n) is 10.1. The van der Waals surface area contributed by atoms with Crippen molar-refractivity contribution in [3.63, 3.8) is 0 Å². The van der Waals surface area contributed by atoms with E-state index in [0.717, 1.165) is 27.7 Å². The summed E-state index contributed by atoms with van der Waals surface area (Å²) in [6, 6.07) is 14.1. The second kappa shape index (κ2) is 9.05. The molecule has 180 valence electrons. The number of H-pyrrole nitrogens is 1. The molecule has 2 heterocycles. The average Bonchev–Trinajstić information content (AvgIpc) is 3.20. The number of likely N-dealkylation sites (N-methyl/N-ethyl adjacent to an activating group) is 1. The van der Waals surface area contributed by atoms with Crippen LogP contribution in [0, 0.1) is 6.92 Å². The third-order valence-electron chi connectivity index (χ3n) is 6.38. The van der Waals surface area contributed by atoms with E-state index in [0.29, 0.717) is 18.7 Å². The van der Waals surface area contributed by atoms with E-state index in [9.17, 15) is 9.59 Å². The van der Waals surface area contributed by atoms with Gasteiger partial charge < -0.3 is 24.8 Å². The van der Waals surface area contributed by atoms with Crippen LogP contribution in [0.25, 0.3) is 10.9 Å². The number of nitrogens with zero attached hydrogens (tertiary/aromatic N) is 2. The number of hydrogen-bond donors (Lipinski definition) is 2. The van der Waals surface area contributed by atoms with Crippen molar-refractivity contribution in [1.29, 1.82) is 0 Å². The molecule has 0 aliphatic carbocycles. The quantitative estimate of drug-likeness (QED) is 0.558. The van der Waals surface area contributed by atoms with E-state index in [1.54, 1.807) is 4.90 Å². The summed E-state index contributed by atoms with van der Waals surface area (Å²) >= 11 is 0. The van der Waals surface area contributed by atoms with Gasteiger partial charge in [-0.05, 0) is 70.0 Å². The Balaban J connectivity index is 1.43. The molecule has 0 bridgehead atoms. The van der Waals surface area contributed by atoms with Gasteiger partial charge >= 0.3 is 6.09 Å². The summed E-state index contributed by atoms with van der Waals surface area (Å²) in [5.41, 5.74) is 4.15. The number of carbonyl (C=O) groups excluding carboxylic acids is 2. The largest absolute Gasteiger partial charge is 0.444 e. The molecule has 2 N–H and O–H groups in total. The Bertz CT molecular complexity index is 1200. The van der Waals surface area contributed by atoms with Crippen LogP contribution >= 0.6 is 0 Å². The first-order chi connectivity index (χ1) is 16.0. The molecule has 1 saturated heterocycles. The minimum absolute atomic E-state index is 0.100. The minimum Gasteiger partial charge on any atom is -0.444 e. The minimum atomic E-state index is -0.503. The predicted molar refractivity (Wildman–Crippen MR) is 135 cm³/mol. The molecule has 0 saturated carbocycles. The van der Waals surface area contributed by atoms with Crippen LogP contribution in [0.3, 0.4) is 0 Å². The Hall–Kier alpha value is -3.48. The Morgan fingerprint density at radius 3 is 2.62 bits per heavy atom. The summed E-state index contributed by atoms with van der Waals surface area (Å²) in [5.74, 6) is -0.100. The number of anilines is 1. The Morgan fingerprint density at radius 1 is 1.18 bits per heavy atom. The number of aromatic nitrogens is 1. The number of amides is 2. The number of likely N-dealkylation sites (tertiary alicyclic amines) is 1. The van der Waals surface area contributed by atoms with Crippen molar-refractivity contribution in [3.8, 4) is 0 Å². The molecule has 4 rings (SSSR count). The van der Waals surface area contributed by atoms with Gasteiger partial charge in [-0.1, -0.05) is 18.2 Å². The number of aryl methyl sites for hydroxylation is 1. The second-order valence-corrected chi connectivity index (χ2v) is 10.1. The van der Waals surface area contributed by atoms with Crippen molar-refractivity contribution in [1.82, 2.24) is 15.2 Å². The maximum absolute atomic E-state index is 13.2. The fourth-order valence-electron chi connectivity index (χ4n) is 4.30. The highest BCUT2D eigenvalue weighted by molar-refractivity contribution is 5.97. The molecule has 3 aromatic rings. The maximum atomic E-state index is 13.2. The third-order valence-corrected chi connectivity index (χ3v) is 6.38. The molecule has 0 spiro atoms. The van der Waals surface area contributed by atoms with Gasteiger partial charge in [-0.15, -0.1) is 0 Å². The number of nitrogens with one attached hydrogen (secondary N) is 2. The predicted octanol–water partition coefficient (Wildman–Crippen LogP) is 5.02. The highest BCUT2D eigenvalue weighted by Gasteiger charge is 2.36. The lowest BCUT2D eigenvalue weighted by Crippen LogP contribution is -2.61. The fraction of sp³-hybridized carbons (Fsp3) is 0.407. The number of rotatable bonds is 5. The van der Waals surface area contributed by atoms with Crippen molar-refractivity contribution in [2.24, 2.45) is 0 Å². The van der Waals surface area contributed by atoms with E-state index < -0.39 is 5.60 Å². The summed E-state index contributed by atoms with van der Waals surface area (Å²) in [6.45, 7) is 10.7. The highest BCUT2D eigenvalue weighted by Crippen LogP contribution is 2.27. The maximum Gasteiger partial charge on any atom is 0.410 e. The van der Waals surface area contributed by atoms with E-state index in [2.05, 4.69) is 15.2 Å². The first kappa shape index (κ1) is 23.7. The summed E-state index contributed by atoms with van der Waals surface area (Å²) in [7, 11) is 2.00. The Kier molecular flexibility index (Phi) is 6.30. The number of carbonyl (C=O) groups is 2. The molecule has 2 amide bonds. The number of aromatic amines is 1. The molecular formula is C27H34N4O3. The Morgan fingerprint density at radius 2 is 1.91 bits per heavy atom. The standard InChI is InChI=1S/C27H34N4O3/c1-17-10-11-19(30(6)20-15-31(16-20)26(33)34-27(3,4)5)14-23(17)25(32)29-18(2)21-8-7-9-24-22(21)12-13-28-24/h7-14,18,20,28H,15-16H2,1-6H3,(H,29,32)/t18-/m1/s1. The van der Waals surface area contributed by atoms with Crippen LogP contribution in [0.15, 0.2) is 48.7 Å². The van der Waals surface area contributed by atoms with Crippen LogP contribution in [-0.2, 0) is 4.74 Å². The molecule has 1 atom stereocenters. The van der Waals surface area contributed by atoms with Gasteiger partial charge in [0.2, 0.25) is 0 Å². The summed E-state index contributed by atoms with van der Waals surface area (Å²) < 4.78 is 5.45. The van der Waals surface area contributed by atoms with Gasteiger partial charge in [0.05, 0.1) is 12.1 Å². The van der Waals surface area contributed by atoms with Crippen LogP contribution in [-0.4, -0.2) is 53.7 Å². The zero-order valence-corrected chi connectivity index (χ0v) is 20.8. The van der Waals surface area contributed by atoms with Crippen LogP contribution in [0.2, 0.25) is 0 Å². The first-order valence-electron chi connectivity index (χ1n) is 11.7. The molecule has 34 heavy (non-hydrogen) atoms. The van der Waals surface area contributed by atoms with Gasteiger partial charge in [-0.25, -0.2) is 4.79 Å². The molecule has 0 radical (unpaired) electrons. The van der Waals surface area contributed by atoms with Crippen molar-refractivity contribution in [2.75, 3.05) is 25.0 Å². The summed E-state index contributed by atoms with van der Waals surface area (Å²) in [5, 5.41) is 4.27. The van der Waals surface area contributed by atoms with Crippen LogP contribution in [0.4, 0.5) is 10.5 Å².